The maximum atomic E-state index is 11.7. The van der Waals surface area contributed by atoms with Crippen molar-refractivity contribution in [3.63, 3.8) is 0 Å². The van der Waals surface area contributed by atoms with E-state index in [4.69, 9.17) is 11.0 Å². The van der Waals surface area contributed by atoms with Gasteiger partial charge in [0.1, 0.15) is 0 Å². The summed E-state index contributed by atoms with van der Waals surface area (Å²) in [6, 6.07) is 8.30. The maximum absolute atomic E-state index is 11.7. The summed E-state index contributed by atoms with van der Waals surface area (Å²) in [5, 5.41) is 8.61. The molecular weight excluding hydrogens is 226 g/mol. The van der Waals surface area contributed by atoms with Crippen LogP contribution in [0.5, 0.6) is 0 Å². The zero-order valence-electron chi connectivity index (χ0n) is 8.92. The van der Waals surface area contributed by atoms with E-state index >= 15 is 0 Å². The van der Waals surface area contributed by atoms with Gasteiger partial charge in [0.2, 0.25) is 10.0 Å². The Labute approximate surface area is 95.1 Å². The number of hydrogen-bond acceptors (Lipinski definition) is 4. The Kier molecular flexibility index (Phi) is 3.88. The molecule has 1 aromatic carbocycles. The molecule has 0 spiro atoms. The third kappa shape index (κ3) is 2.72. The molecule has 0 radical (unpaired) electrons. The molecule has 0 amide bonds. The first-order valence-corrected chi connectivity index (χ1v) is 6.29. The van der Waals surface area contributed by atoms with Gasteiger partial charge in [-0.1, -0.05) is 0 Å². The molecule has 2 N–H and O–H groups in total. The smallest absolute Gasteiger partial charge is 0.236 e. The molecule has 0 saturated carbocycles. The van der Waals surface area contributed by atoms with Crippen molar-refractivity contribution in [1.82, 2.24) is 0 Å². The molecular formula is C10H13N3O2S. The van der Waals surface area contributed by atoms with E-state index in [1.165, 1.54) is 11.4 Å². The first-order valence-electron chi connectivity index (χ1n) is 4.68. The lowest BCUT2D eigenvalue weighted by molar-refractivity contribution is 0.594. The van der Waals surface area contributed by atoms with Crippen LogP contribution >= 0.6 is 0 Å². The minimum absolute atomic E-state index is 0.0863. The summed E-state index contributed by atoms with van der Waals surface area (Å²) in [6.07, 6.45) is 0. The van der Waals surface area contributed by atoms with Gasteiger partial charge in [-0.2, -0.15) is 5.26 Å². The molecule has 0 atom stereocenters. The lowest BCUT2D eigenvalue weighted by Crippen LogP contribution is -2.31. The molecule has 0 aliphatic rings. The average Bonchev–Trinajstić information content (AvgIpc) is 2.28. The van der Waals surface area contributed by atoms with Crippen molar-refractivity contribution in [3.8, 4) is 6.07 Å². The maximum Gasteiger partial charge on any atom is 0.236 e. The number of rotatable bonds is 4. The fourth-order valence-corrected chi connectivity index (χ4v) is 2.21. The lowest BCUT2D eigenvalue weighted by Gasteiger charge is -2.18. The normalized spacial score (nSPS) is 10.8. The summed E-state index contributed by atoms with van der Waals surface area (Å²) in [4.78, 5) is 0. The third-order valence-electron chi connectivity index (χ3n) is 2.15. The summed E-state index contributed by atoms with van der Waals surface area (Å²) in [5.41, 5.74) is 6.24. The van der Waals surface area contributed by atoms with E-state index in [0.29, 0.717) is 11.3 Å². The van der Waals surface area contributed by atoms with Gasteiger partial charge in [-0.05, 0) is 24.3 Å². The van der Waals surface area contributed by atoms with Crippen molar-refractivity contribution in [2.24, 2.45) is 5.73 Å². The van der Waals surface area contributed by atoms with Gasteiger partial charge < -0.3 is 5.73 Å². The zero-order valence-corrected chi connectivity index (χ0v) is 9.74. The van der Waals surface area contributed by atoms with Crippen LogP contribution in [0.2, 0.25) is 0 Å². The summed E-state index contributed by atoms with van der Waals surface area (Å²) >= 11 is 0. The van der Waals surface area contributed by atoms with Crippen LogP contribution in [0.4, 0.5) is 5.69 Å². The van der Waals surface area contributed by atoms with Gasteiger partial charge in [-0.25, -0.2) is 8.42 Å². The van der Waals surface area contributed by atoms with E-state index in [9.17, 15) is 8.42 Å². The van der Waals surface area contributed by atoms with Gasteiger partial charge in [0.05, 0.1) is 23.1 Å². The number of nitrogens with zero attached hydrogens (tertiary/aromatic N) is 2. The van der Waals surface area contributed by atoms with E-state index in [1.54, 1.807) is 24.3 Å². The van der Waals surface area contributed by atoms with Crippen molar-refractivity contribution >= 4 is 15.7 Å². The highest BCUT2D eigenvalue weighted by Crippen LogP contribution is 2.16. The van der Waals surface area contributed by atoms with Gasteiger partial charge in [0.15, 0.2) is 0 Å². The van der Waals surface area contributed by atoms with Crippen LogP contribution in [0.3, 0.4) is 0 Å². The molecule has 1 rings (SSSR count). The van der Waals surface area contributed by atoms with Gasteiger partial charge >= 0.3 is 0 Å². The first-order chi connectivity index (χ1) is 7.51. The van der Waals surface area contributed by atoms with E-state index < -0.39 is 10.0 Å². The van der Waals surface area contributed by atoms with Crippen molar-refractivity contribution < 1.29 is 8.42 Å². The molecule has 1 aromatic rings. The number of hydrogen-bond donors (Lipinski definition) is 1. The highest BCUT2D eigenvalue weighted by Gasteiger charge is 2.16. The molecule has 6 heteroatoms. The molecule has 0 unspecified atom stereocenters. The minimum Gasteiger partial charge on any atom is -0.329 e. The lowest BCUT2D eigenvalue weighted by atomic mass is 10.2. The largest absolute Gasteiger partial charge is 0.329 e. The molecule has 0 bridgehead atoms. The summed E-state index contributed by atoms with van der Waals surface area (Å²) in [7, 11) is -1.89. The Hall–Kier alpha value is -1.58. The second-order valence-corrected chi connectivity index (χ2v) is 5.35. The van der Waals surface area contributed by atoms with Crippen molar-refractivity contribution in [3.05, 3.63) is 29.8 Å². The molecule has 0 fully saturated rings. The average molecular weight is 239 g/mol. The van der Waals surface area contributed by atoms with E-state index in [2.05, 4.69) is 0 Å². The topological polar surface area (TPSA) is 87.2 Å². The number of nitriles is 1. The van der Waals surface area contributed by atoms with Crippen molar-refractivity contribution in [1.29, 1.82) is 5.26 Å². The minimum atomic E-state index is -3.36. The Bertz CT molecular complexity index is 488. The van der Waals surface area contributed by atoms with Crippen LogP contribution < -0.4 is 10.0 Å². The van der Waals surface area contributed by atoms with Crippen LogP contribution in [0.25, 0.3) is 0 Å². The molecule has 16 heavy (non-hydrogen) atoms. The van der Waals surface area contributed by atoms with E-state index in [-0.39, 0.29) is 12.3 Å². The number of sulfonamides is 1. The predicted octanol–water partition coefficient (Wildman–Crippen LogP) is 0.283. The van der Waals surface area contributed by atoms with Gasteiger partial charge in [0.25, 0.3) is 0 Å². The van der Waals surface area contributed by atoms with Gasteiger partial charge in [-0.15, -0.1) is 0 Å². The Morgan fingerprint density at radius 2 is 1.94 bits per heavy atom. The van der Waals surface area contributed by atoms with Crippen molar-refractivity contribution in [2.75, 3.05) is 23.7 Å². The molecule has 5 nitrogen and oxygen atoms in total. The third-order valence-corrected chi connectivity index (χ3v) is 3.95. The molecule has 0 saturated heterocycles. The van der Waals surface area contributed by atoms with Crippen LogP contribution in [0.1, 0.15) is 5.56 Å². The summed E-state index contributed by atoms with van der Waals surface area (Å²) < 4.78 is 24.5. The quantitative estimate of drug-likeness (QED) is 0.817. The predicted molar refractivity (Wildman–Crippen MR) is 62.4 cm³/mol. The Balaban J connectivity index is 2.97. The van der Waals surface area contributed by atoms with Crippen LogP contribution in [-0.4, -0.2) is 27.8 Å². The second-order valence-electron chi connectivity index (χ2n) is 3.23. The van der Waals surface area contributed by atoms with E-state index in [1.807, 2.05) is 6.07 Å². The molecule has 0 aromatic heterocycles. The fraction of sp³-hybridized carbons (Fsp3) is 0.300. The SMILES string of the molecule is CN(c1ccc(C#N)cc1)S(=O)(=O)CCN. The molecule has 86 valence electrons. The Morgan fingerprint density at radius 3 is 2.38 bits per heavy atom. The van der Waals surface area contributed by atoms with Gasteiger partial charge in [-0.3, -0.25) is 4.31 Å². The highest BCUT2D eigenvalue weighted by atomic mass is 32.2. The van der Waals surface area contributed by atoms with Crippen LogP contribution in [0.15, 0.2) is 24.3 Å². The highest BCUT2D eigenvalue weighted by molar-refractivity contribution is 7.92. The molecule has 0 heterocycles. The van der Waals surface area contributed by atoms with E-state index in [0.717, 1.165) is 0 Å². The monoisotopic (exact) mass is 239 g/mol. The van der Waals surface area contributed by atoms with Crippen molar-refractivity contribution in [2.45, 2.75) is 0 Å². The fourth-order valence-electron chi connectivity index (χ4n) is 1.19. The molecule has 0 aliphatic heterocycles. The standard InChI is InChI=1S/C10H13N3O2S/c1-13(16(14,15)7-6-11)10-4-2-9(8-12)3-5-10/h2-5H,6-7,11H2,1H3. The number of benzene rings is 1. The Morgan fingerprint density at radius 1 is 1.38 bits per heavy atom. The van der Waals surface area contributed by atoms with Crippen LogP contribution in [-0.2, 0) is 10.0 Å². The molecule has 0 aliphatic carbocycles. The second kappa shape index (κ2) is 4.96. The number of anilines is 1. The number of nitrogens with two attached hydrogens (primary N) is 1. The first kappa shape index (κ1) is 12.5. The van der Waals surface area contributed by atoms with Crippen LogP contribution in [0, 0.1) is 11.3 Å². The summed E-state index contributed by atoms with van der Waals surface area (Å²) in [6.45, 7) is 0.0863. The zero-order chi connectivity index (χ0) is 12.2. The summed E-state index contributed by atoms with van der Waals surface area (Å²) in [5.74, 6) is -0.0937. The van der Waals surface area contributed by atoms with Gasteiger partial charge in [0, 0.05) is 13.6 Å².